The van der Waals surface area contributed by atoms with Crippen LogP contribution in [-0.2, 0) is 0 Å². The van der Waals surface area contributed by atoms with Gasteiger partial charge in [-0.05, 0) is 25.2 Å². The Hall–Kier alpha value is -0.250. The van der Waals surface area contributed by atoms with Crippen LogP contribution in [0.25, 0.3) is 0 Å². The van der Waals surface area contributed by atoms with Crippen LogP contribution in [0.3, 0.4) is 0 Å². The van der Waals surface area contributed by atoms with E-state index in [4.69, 9.17) is 26.7 Å². The molecule has 0 spiro atoms. The van der Waals surface area contributed by atoms with E-state index in [2.05, 4.69) is 15.9 Å². The van der Waals surface area contributed by atoms with Gasteiger partial charge in [0, 0.05) is 40.1 Å². The maximum absolute atomic E-state index is 8.17. The van der Waals surface area contributed by atoms with Gasteiger partial charge in [0.15, 0.2) is 0 Å². The van der Waals surface area contributed by atoms with Crippen LogP contribution in [0.15, 0.2) is 22.7 Å². The van der Waals surface area contributed by atoms with Crippen LogP contribution in [0.5, 0.6) is 0 Å². The van der Waals surface area contributed by atoms with Crippen molar-refractivity contribution in [2.24, 2.45) is 0 Å². The van der Waals surface area contributed by atoms with E-state index in [1.165, 1.54) is 18.2 Å². The Morgan fingerprint density at radius 3 is 2.73 bits per heavy atom. The van der Waals surface area contributed by atoms with Crippen LogP contribution in [0.2, 0.25) is 5.02 Å². The van der Waals surface area contributed by atoms with Gasteiger partial charge < -0.3 is 9.80 Å². The molecule has 0 aliphatic carbocycles. The molecule has 1 aliphatic rings. The summed E-state index contributed by atoms with van der Waals surface area (Å²) in [7, 11) is 0. The molecule has 1 fully saturated rings. The number of piperazine rings is 1. The second-order valence-corrected chi connectivity index (χ2v) is 4.04. The van der Waals surface area contributed by atoms with Gasteiger partial charge in [-0.2, -0.15) is 0 Å². The molecule has 4 heteroatoms. The van der Waals surface area contributed by atoms with E-state index in [1.807, 2.05) is 0 Å². The van der Waals surface area contributed by atoms with Crippen molar-refractivity contribution in [3.8, 4) is 0 Å². The van der Waals surface area contributed by atoms with Gasteiger partial charge >= 0.3 is 0 Å². The van der Waals surface area contributed by atoms with Gasteiger partial charge in [-0.3, -0.25) is 0 Å². The highest BCUT2D eigenvalue weighted by Crippen LogP contribution is 2.29. The lowest BCUT2D eigenvalue weighted by molar-refractivity contribution is 0.313. The van der Waals surface area contributed by atoms with E-state index in [-0.39, 0.29) is 20.5 Å². The van der Waals surface area contributed by atoms with E-state index in [0.717, 1.165) is 0 Å². The fraction of sp³-hybridized carbons (Fsp3) is 0.455. The molecule has 0 aromatic heterocycles. The molecular weight excluding hydrogens is 275 g/mol. The van der Waals surface area contributed by atoms with E-state index in [9.17, 15) is 0 Å². The number of likely N-dealkylation sites (N-methyl/N-ethyl adjacent to an activating group) is 1. The van der Waals surface area contributed by atoms with E-state index in [1.54, 1.807) is 0 Å². The van der Waals surface area contributed by atoms with Crippen molar-refractivity contribution in [1.29, 1.82) is 0 Å². The lowest BCUT2D eigenvalue weighted by atomic mass is 10.2. The van der Waals surface area contributed by atoms with Crippen LogP contribution in [-0.4, -0.2) is 37.9 Å². The van der Waals surface area contributed by atoms with E-state index >= 15 is 0 Å². The zero-order valence-corrected chi connectivity index (χ0v) is 9.72. The molecule has 1 aromatic rings. The maximum atomic E-state index is 8.17. The summed E-state index contributed by atoms with van der Waals surface area (Å²) >= 11 is 9.19. The first-order valence-corrected chi connectivity index (χ1v) is 5.13. The zero-order valence-electron chi connectivity index (χ0n) is 18.4. The Balaban J connectivity index is 2.83. The quantitative estimate of drug-likeness (QED) is 0.787. The van der Waals surface area contributed by atoms with Gasteiger partial charge in [0.05, 0.1) is 16.2 Å². The molecule has 0 atom stereocenters. The van der Waals surface area contributed by atoms with Crippen molar-refractivity contribution in [3.05, 3.63) is 27.7 Å². The molecule has 1 saturated heterocycles. The SMILES string of the molecule is [2H]C([2H])([2H])N1C([2H])([2H])C([2H])([2H])N(c2ccc(Br)cc2Cl)C([2H])([2H])C1([2H])[2H]. The summed E-state index contributed by atoms with van der Waals surface area (Å²) in [6.45, 7) is -16.9. The van der Waals surface area contributed by atoms with Gasteiger partial charge in [-0.25, -0.2) is 0 Å². The Labute approximate surface area is 119 Å². The third kappa shape index (κ3) is 2.65. The first kappa shape index (κ1) is 3.90. The highest BCUT2D eigenvalue weighted by Gasteiger charge is 2.16. The minimum absolute atomic E-state index is 0.166. The Morgan fingerprint density at radius 2 is 2.13 bits per heavy atom. The van der Waals surface area contributed by atoms with Crippen molar-refractivity contribution >= 4 is 33.2 Å². The fourth-order valence-electron chi connectivity index (χ4n) is 1.04. The molecule has 0 radical (unpaired) electrons. The summed E-state index contributed by atoms with van der Waals surface area (Å²) in [6.07, 6.45) is 0. The molecule has 0 saturated carbocycles. The summed E-state index contributed by atoms with van der Waals surface area (Å²) in [5.74, 6) is 0. The lowest BCUT2D eigenvalue weighted by Gasteiger charge is -2.34. The standard InChI is InChI=1S/C11H14BrClN2/c1-14-4-6-15(7-5-14)11-3-2-9(12)8-10(11)13/h2-3,8H,4-7H2,1H3/i1D3,4D2,5D2,6D2,7D2. The monoisotopic (exact) mass is 299 g/mol. The van der Waals surface area contributed by atoms with Gasteiger partial charge in [-0.1, -0.05) is 27.5 Å². The van der Waals surface area contributed by atoms with Crippen molar-refractivity contribution < 1.29 is 15.1 Å². The van der Waals surface area contributed by atoms with Crippen LogP contribution >= 0.6 is 27.5 Å². The number of hydrogen-bond donors (Lipinski definition) is 0. The molecule has 2 nitrogen and oxygen atoms in total. The second kappa shape index (κ2) is 4.73. The van der Waals surface area contributed by atoms with Crippen molar-refractivity contribution in [1.82, 2.24) is 4.90 Å². The van der Waals surface area contributed by atoms with Crippen LogP contribution in [0.1, 0.15) is 15.1 Å². The second-order valence-electron chi connectivity index (χ2n) is 2.71. The van der Waals surface area contributed by atoms with Gasteiger partial charge in [0.1, 0.15) is 0 Å². The fourth-order valence-corrected chi connectivity index (χ4v) is 1.80. The van der Waals surface area contributed by atoms with E-state index < -0.39 is 33.0 Å². The van der Waals surface area contributed by atoms with Gasteiger partial charge in [0.25, 0.3) is 0 Å². The number of benzene rings is 1. The molecule has 0 N–H and O–H groups in total. The van der Waals surface area contributed by atoms with Crippen LogP contribution in [0, 0.1) is 0 Å². The zero-order chi connectivity index (χ0) is 20.5. The summed E-state index contributed by atoms with van der Waals surface area (Å²) in [6, 6.07) is 3.90. The lowest BCUT2D eigenvalue weighted by Crippen LogP contribution is -2.44. The first-order valence-electron chi connectivity index (χ1n) is 9.46. The number of nitrogens with zero attached hydrogens (tertiary/aromatic N) is 2. The molecule has 15 heavy (non-hydrogen) atoms. The summed E-state index contributed by atoms with van der Waals surface area (Å²) < 4.78 is 87.5. The summed E-state index contributed by atoms with van der Waals surface area (Å²) in [4.78, 5) is -0.159. The highest BCUT2D eigenvalue weighted by atomic mass is 79.9. The number of hydrogen-bond acceptors (Lipinski definition) is 2. The van der Waals surface area contributed by atoms with Gasteiger partial charge in [-0.15, -0.1) is 0 Å². The maximum Gasteiger partial charge on any atom is 0.0650 e. The van der Waals surface area contributed by atoms with Crippen molar-refractivity contribution in [2.45, 2.75) is 0 Å². The molecule has 2 rings (SSSR count). The summed E-state index contributed by atoms with van der Waals surface area (Å²) in [5.41, 5.74) is -0.317. The van der Waals surface area contributed by atoms with Gasteiger partial charge in [0.2, 0.25) is 0 Å². The summed E-state index contributed by atoms with van der Waals surface area (Å²) in [5, 5.41) is -0.166. The minimum atomic E-state index is -3.44. The number of rotatable bonds is 1. The van der Waals surface area contributed by atoms with Crippen molar-refractivity contribution in [2.75, 3.05) is 37.9 Å². The molecular formula is C11H14BrClN2. The molecule has 0 amide bonds. The van der Waals surface area contributed by atoms with E-state index in [0.29, 0.717) is 4.47 Å². The average molecular weight is 301 g/mol. The molecule has 1 aliphatic heterocycles. The number of halogens is 2. The van der Waals surface area contributed by atoms with Crippen LogP contribution < -0.4 is 4.90 Å². The Morgan fingerprint density at radius 1 is 1.40 bits per heavy atom. The molecule has 0 bridgehead atoms. The average Bonchev–Trinajstić information content (AvgIpc) is 2.37. The largest absolute Gasteiger partial charge is 0.368 e. The normalized spacial score (nSPS) is 43.3. The predicted molar refractivity (Wildman–Crippen MR) is 68.9 cm³/mol. The molecule has 1 aromatic carbocycles. The smallest absolute Gasteiger partial charge is 0.0650 e. The molecule has 0 unspecified atom stereocenters. The predicted octanol–water partition coefficient (Wildman–Crippen LogP) is 2.85. The Kier molecular flexibility index (Phi) is 1.23. The third-order valence-corrected chi connectivity index (χ3v) is 2.49. The molecule has 1 heterocycles. The molecule has 82 valence electrons. The topological polar surface area (TPSA) is 6.48 Å². The first-order chi connectivity index (χ1) is 11.4. The number of anilines is 1. The third-order valence-electron chi connectivity index (χ3n) is 1.70. The minimum Gasteiger partial charge on any atom is -0.368 e. The van der Waals surface area contributed by atoms with Crippen molar-refractivity contribution in [3.63, 3.8) is 0 Å². The van der Waals surface area contributed by atoms with Crippen LogP contribution in [0.4, 0.5) is 5.69 Å². The highest BCUT2D eigenvalue weighted by molar-refractivity contribution is 9.10. The Bertz CT molecular complexity index is 693.